The Balaban J connectivity index is 1.71. The molecule has 0 spiro atoms. The minimum atomic E-state index is -1.12. The number of methoxy groups -OCH3 is 2. The molecule has 8 nitrogen and oxygen atoms in total. The number of ether oxygens (including phenoxy) is 3. The van der Waals surface area contributed by atoms with Crippen molar-refractivity contribution in [3.05, 3.63) is 83.9 Å². The summed E-state index contributed by atoms with van der Waals surface area (Å²) in [5.41, 5.74) is 3.30. The number of amides is 1. The molecule has 8 heteroatoms. The van der Waals surface area contributed by atoms with Crippen molar-refractivity contribution in [3.63, 3.8) is 0 Å². The van der Waals surface area contributed by atoms with Crippen LogP contribution in [0.2, 0.25) is 0 Å². The smallest absolute Gasteiger partial charge is 0.321 e. The Morgan fingerprint density at radius 3 is 2.46 bits per heavy atom. The number of hydrogen-bond acceptors (Lipinski definition) is 6. The molecular formula is C29H29N3O5. The van der Waals surface area contributed by atoms with Gasteiger partial charge in [-0.15, -0.1) is 0 Å². The minimum Gasteiger partial charge on any atom is -0.497 e. The van der Waals surface area contributed by atoms with E-state index in [9.17, 15) is 9.59 Å². The summed E-state index contributed by atoms with van der Waals surface area (Å²) in [5.74, 6) is -0.444. The molecule has 0 fully saturated rings. The van der Waals surface area contributed by atoms with Gasteiger partial charge >= 0.3 is 5.97 Å². The molecule has 0 unspecified atom stereocenters. The molecule has 0 bridgehead atoms. The third kappa shape index (κ3) is 4.39. The van der Waals surface area contributed by atoms with Crippen molar-refractivity contribution in [2.24, 2.45) is 5.92 Å². The highest BCUT2D eigenvalue weighted by Gasteiger charge is 2.48. The number of fused-ring (bicyclic) bond motifs is 3. The van der Waals surface area contributed by atoms with Gasteiger partial charge in [-0.05, 0) is 43.2 Å². The number of nitrogens with zero attached hydrogens (tertiary/aromatic N) is 3. The van der Waals surface area contributed by atoms with E-state index in [1.165, 1.54) is 0 Å². The fraction of sp³-hybridized carbons (Fsp3) is 0.276. The lowest BCUT2D eigenvalue weighted by atomic mass is 9.88. The molecule has 1 aliphatic heterocycles. The van der Waals surface area contributed by atoms with Crippen molar-refractivity contribution < 1.29 is 23.8 Å². The third-order valence-electron chi connectivity index (χ3n) is 6.71. The van der Waals surface area contributed by atoms with Crippen LogP contribution in [0.1, 0.15) is 24.1 Å². The van der Waals surface area contributed by atoms with Gasteiger partial charge in [0.15, 0.2) is 5.92 Å². The second-order valence-corrected chi connectivity index (χ2v) is 8.78. The first-order chi connectivity index (χ1) is 18.1. The summed E-state index contributed by atoms with van der Waals surface area (Å²) in [6, 6.07) is 22.3. The Morgan fingerprint density at radius 2 is 1.73 bits per heavy atom. The summed E-state index contributed by atoms with van der Waals surface area (Å²) in [6.07, 6.45) is 0.613. The van der Waals surface area contributed by atoms with Gasteiger partial charge in [-0.3, -0.25) is 14.5 Å². The lowest BCUT2D eigenvalue weighted by molar-refractivity contribution is -0.153. The molecule has 3 aromatic carbocycles. The standard InChI is InChI=1S/C29H29N3O5/c1-4-37-28(34)25-26(21-15-14-20(35-2)18-24(21)36-3)32-23-13-9-8-12-22(23)30-29(32)31(27(25)33)17-16-19-10-6-5-7-11-19/h5-15,18,25-26H,4,16-17H2,1-3H3/t25-,26-/m1/s1. The Labute approximate surface area is 215 Å². The van der Waals surface area contributed by atoms with Crippen molar-refractivity contribution in [2.75, 3.05) is 32.3 Å². The van der Waals surface area contributed by atoms with Gasteiger partial charge in [-0.1, -0.05) is 42.5 Å². The molecular weight excluding hydrogens is 470 g/mol. The van der Waals surface area contributed by atoms with E-state index in [0.717, 1.165) is 16.6 Å². The first-order valence-electron chi connectivity index (χ1n) is 12.3. The van der Waals surface area contributed by atoms with Crippen molar-refractivity contribution in [1.82, 2.24) is 9.55 Å². The van der Waals surface area contributed by atoms with Crippen LogP contribution in [0.5, 0.6) is 11.5 Å². The lowest BCUT2D eigenvalue weighted by Crippen LogP contribution is -2.50. The fourth-order valence-corrected chi connectivity index (χ4v) is 4.99. The topological polar surface area (TPSA) is 82.9 Å². The Hall–Kier alpha value is -4.33. The van der Waals surface area contributed by atoms with Crippen molar-refractivity contribution in [3.8, 4) is 11.5 Å². The number of rotatable bonds is 8. The highest BCUT2D eigenvalue weighted by Crippen LogP contribution is 2.44. The first kappa shape index (κ1) is 24.4. The number of carbonyl (C=O) groups excluding carboxylic acids is 2. The SMILES string of the molecule is CCOC(=O)[C@H]1C(=O)N(CCc2ccccc2)c2nc3ccccc3n2[C@@H]1c1ccc(OC)cc1OC. The highest BCUT2D eigenvalue weighted by molar-refractivity contribution is 6.08. The number of imidazole rings is 1. The number of para-hydroxylation sites is 2. The van der Waals surface area contributed by atoms with Gasteiger partial charge in [0, 0.05) is 18.2 Å². The zero-order valence-electron chi connectivity index (χ0n) is 21.1. The summed E-state index contributed by atoms with van der Waals surface area (Å²) in [4.78, 5) is 34.0. The third-order valence-corrected chi connectivity index (χ3v) is 6.71. The maximum atomic E-state index is 14.1. The van der Waals surface area contributed by atoms with Gasteiger partial charge in [-0.2, -0.15) is 0 Å². The van der Waals surface area contributed by atoms with Crippen LogP contribution in [0.25, 0.3) is 11.0 Å². The van der Waals surface area contributed by atoms with E-state index in [-0.39, 0.29) is 12.5 Å². The molecule has 37 heavy (non-hydrogen) atoms. The molecule has 5 rings (SSSR count). The largest absolute Gasteiger partial charge is 0.497 e. The summed E-state index contributed by atoms with van der Waals surface area (Å²) in [6.45, 7) is 2.27. The van der Waals surface area contributed by atoms with Crippen LogP contribution in [-0.2, 0) is 20.7 Å². The van der Waals surface area contributed by atoms with Crippen LogP contribution in [0.3, 0.4) is 0 Å². The molecule has 0 saturated carbocycles. The molecule has 0 radical (unpaired) electrons. The molecule has 4 aromatic rings. The first-order valence-corrected chi connectivity index (χ1v) is 12.3. The fourth-order valence-electron chi connectivity index (χ4n) is 4.99. The van der Waals surface area contributed by atoms with Crippen LogP contribution >= 0.6 is 0 Å². The van der Waals surface area contributed by atoms with E-state index in [0.29, 0.717) is 36.0 Å². The van der Waals surface area contributed by atoms with E-state index >= 15 is 0 Å². The number of hydrogen-bond donors (Lipinski definition) is 0. The van der Waals surface area contributed by atoms with Gasteiger partial charge in [0.2, 0.25) is 11.9 Å². The maximum absolute atomic E-state index is 14.1. The summed E-state index contributed by atoms with van der Waals surface area (Å²) < 4.78 is 18.5. The number of carbonyl (C=O) groups is 2. The zero-order valence-corrected chi connectivity index (χ0v) is 21.1. The van der Waals surface area contributed by atoms with E-state index in [4.69, 9.17) is 19.2 Å². The summed E-state index contributed by atoms with van der Waals surface area (Å²) in [5, 5.41) is 0. The Morgan fingerprint density at radius 1 is 0.973 bits per heavy atom. The normalized spacial score (nSPS) is 16.9. The van der Waals surface area contributed by atoms with E-state index in [1.54, 1.807) is 38.2 Å². The molecule has 1 aromatic heterocycles. The molecule has 0 N–H and O–H groups in total. The van der Waals surface area contributed by atoms with Crippen LogP contribution in [0.15, 0.2) is 72.8 Å². The van der Waals surface area contributed by atoms with Gasteiger partial charge in [-0.25, -0.2) is 4.98 Å². The van der Waals surface area contributed by atoms with E-state index in [2.05, 4.69) is 0 Å². The predicted molar refractivity (Wildman–Crippen MR) is 140 cm³/mol. The molecule has 2 atom stereocenters. The molecule has 1 aliphatic rings. The van der Waals surface area contributed by atoms with Crippen LogP contribution in [0, 0.1) is 5.92 Å². The van der Waals surface area contributed by atoms with Gasteiger partial charge in [0.1, 0.15) is 11.5 Å². The van der Waals surface area contributed by atoms with Crippen LogP contribution < -0.4 is 14.4 Å². The number of esters is 1. The summed E-state index contributed by atoms with van der Waals surface area (Å²) in [7, 11) is 3.13. The summed E-state index contributed by atoms with van der Waals surface area (Å²) >= 11 is 0. The van der Waals surface area contributed by atoms with E-state index < -0.39 is 17.9 Å². The molecule has 1 amide bonds. The lowest BCUT2D eigenvalue weighted by Gasteiger charge is -2.38. The predicted octanol–water partition coefficient (Wildman–Crippen LogP) is 4.41. The average molecular weight is 500 g/mol. The number of benzene rings is 3. The highest BCUT2D eigenvalue weighted by atomic mass is 16.5. The zero-order chi connectivity index (χ0) is 25.9. The monoisotopic (exact) mass is 499 g/mol. The van der Waals surface area contributed by atoms with Crippen LogP contribution in [-0.4, -0.2) is 48.8 Å². The van der Waals surface area contributed by atoms with Crippen molar-refractivity contribution in [2.45, 2.75) is 19.4 Å². The molecule has 0 aliphatic carbocycles. The van der Waals surface area contributed by atoms with Crippen molar-refractivity contribution in [1.29, 1.82) is 0 Å². The number of anilines is 1. The van der Waals surface area contributed by atoms with Crippen LogP contribution in [0.4, 0.5) is 5.95 Å². The molecule has 2 heterocycles. The van der Waals surface area contributed by atoms with Crippen molar-refractivity contribution >= 4 is 28.9 Å². The van der Waals surface area contributed by atoms with Gasteiger partial charge in [0.25, 0.3) is 0 Å². The van der Waals surface area contributed by atoms with E-state index in [1.807, 2.05) is 65.2 Å². The Bertz CT molecular complexity index is 1430. The second-order valence-electron chi connectivity index (χ2n) is 8.78. The second kappa shape index (κ2) is 10.3. The molecule has 190 valence electrons. The quantitative estimate of drug-likeness (QED) is 0.264. The average Bonchev–Trinajstić information content (AvgIpc) is 3.31. The molecule has 0 saturated heterocycles. The number of aromatic nitrogens is 2. The van der Waals surface area contributed by atoms with Gasteiger partial charge < -0.3 is 18.8 Å². The maximum Gasteiger partial charge on any atom is 0.321 e. The Kier molecular flexibility index (Phi) is 6.81. The van der Waals surface area contributed by atoms with Gasteiger partial charge in [0.05, 0.1) is 37.9 Å². The minimum absolute atomic E-state index is 0.163.